The number of nitrogens with zero attached hydrogens (tertiary/aromatic N) is 1. The SMILES string of the molecule is CC12CC3CC(C1)CC(C(=O)Nc1ccc(Cl)nc1)(C3)C2. The maximum Gasteiger partial charge on any atom is 0.230 e. The van der Waals surface area contributed by atoms with Crippen LogP contribution in [0.5, 0.6) is 0 Å². The first-order valence-corrected chi connectivity index (χ1v) is 8.27. The summed E-state index contributed by atoms with van der Waals surface area (Å²) in [7, 11) is 0. The zero-order chi connectivity index (χ0) is 14.7. The minimum absolute atomic E-state index is 0.140. The number of carbonyl (C=O) groups is 1. The molecule has 4 aliphatic carbocycles. The summed E-state index contributed by atoms with van der Waals surface area (Å²) in [6.07, 6.45) is 8.83. The monoisotopic (exact) mass is 304 g/mol. The molecule has 0 aliphatic heterocycles. The normalized spacial score (nSPS) is 40.3. The van der Waals surface area contributed by atoms with Gasteiger partial charge in [0.1, 0.15) is 5.15 Å². The van der Waals surface area contributed by atoms with Crippen molar-refractivity contribution >= 4 is 23.2 Å². The van der Waals surface area contributed by atoms with Gasteiger partial charge >= 0.3 is 0 Å². The smallest absolute Gasteiger partial charge is 0.230 e. The fourth-order valence-corrected chi connectivity index (χ4v) is 5.81. The Morgan fingerprint density at radius 2 is 2.00 bits per heavy atom. The van der Waals surface area contributed by atoms with Crippen LogP contribution in [0.4, 0.5) is 5.69 Å². The van der Waals surface area contributed by atoms with Crippen molar-refractivity contribution in [3.63, 3.8) is 0 Å². The highest BCUT2D eigenvalue weighted by atomic mass is 35.5. The van der Waals surface area contributed by atoms with E-state index in [4.69, 9.17) is 11.6 Å². The van der Waals surface area contributed by atoms with Gasteiger partial charge in [0, 0.05) is 0 Å². The molecule has 4 bridgehead atoms. The van der Waals surface area contributed by atoms with Crippen molar-refractivity contribution in [3.8, 4) is 0 Å². The van der Waals surface area contributed by atoms with E-state index < -0.39 is 0 Å². The van der Waals surface area contributed by atoms with Gasteiger partial charge in [-0.15, -0.1) is 0 Å². The molecule has 4 aliphatic rings. The minimum Gasteiger partial charge on any atom is -0.324 e. The zero-order valence-electron chi connectivity index (χ0n) is 12.4. The summed E-state index contributed by atoms with van der Waals surface area (Å²) in [6, 6.07) is 3.55. The summed E-state index contributed by atoms with van der Waals surface area (Å²) in [6.45, 7) is 2.39. The lowest BCUT2D eigenvalue weighted by molar-refractivity contribution is -0.149. The molecule has 4 fully saturated rings. The highest BCUT2D eigenvalue weighted by Crippen LogP contribution is 2.65. The summed E-state index contributed by atoms with van der Waals surface area (Å²) >= 11 is 5.80. The maximum absolute atomic E-state index is 12.9. The Morgan fingerprint density at radius 1 is 1.29 bits per heavy atom. The van der Waals surface area contributed by atoms with Crippen molar-refractivity contribution in [3.05, 3.63) is 23.5 Å². The molecular formula is C17H21ClN2O. The molecule has 1 amide bonds. The van der Waals surface area contributed by atoms with Crippen molar-refractivity contribution in [2.75, 3.05) is 5.32 Å². The third-order valence-electron chi connectivity index (χ3n) is 5.82. The Bertz CT molecular complexity index is 569. The molecule has 2 atom stereocenters. The number of anilines is 1. The second-order valence-electron chi connectivity index (χ2n) is 7.88. The summed E-state index contributed by atoms with van der Waals surface area (Å²) in [5.41, 5.74) is 1.00. The first-order chi connectivity index (χ1) is 9.96. The second-order valence-corrected chi connectivity index (χ2v) is 8.26. The fraction of sp³-hybridized carbons (Fsp3) is 0.647. The standard InChI is InChI=1S/C17H21ClN2O/c1-16-5-11-4-12(6-16)8-17(7-11,10-16)15(21)20-13-2-3-14(18)19-9-13/h2-3,9,11-12H,4-8,10H2,1H3,(H,20,21). The van der Waals surface area contributed by atoms with Crippen LogP contribution in [0.1, 0.15) is 45.4 Å². The number of aromatic nitrogens is 1. The van der Waals surface area contributed by atoms with Gasteiger partial charge in [0.15, 0.2) is 0 Å². The van der Waals surface area contributed by atoms with Crippen LogP contribution in [0, 0.1) is 22.7 Å². The first kappa shape index (κ1) is 13.6. The molecule has 4 saturated carbocycles. The van der Waals surface area contributed by atoms with Crippen LogP contribution < -0.4 is 5.32 Å². The van der Waals surface area contributed by atoms with E-state index >= 15 is 0 Å². The predicted molar refractivity (Wildman–Crippen MR) is 83.1 cm³/mol. The van der Waals surface area contributed by atoms with Crippen molar-refractivity contribution in [1.82, 2.24) is 4.98 Å². The van der Waals surface area contributed by atoms with E-state index in [1.165, 1.54) is 19.3 Å². The number of halogens is 1. The van der Waals surface area contributed by atoms with E-state index in [9.17, 15) is 4.79 Å². The van der Waals surface area contributed by atoms with Gasteiger partial charge in [0.2, 0.25) is 5.91 Å². The lowest BCUT2D eigenvalue weighted by atomic mass is 9.44. The Morgan fingerprint density at radius 3 is 2.57 bits per heavy atom. The maximum atomic E-state index is 12.9. The van der Waals surface area contributed by atoms with E-state index in [0.29, 0.717) is 10.6 Å². The number of carbonyl (C=O) groups excluding carboxylic acids is 1. The molecule has 0 radical (unpaired) electrons. The van der Waals surface area contributed by atoms with E-state index in [-0.39, 0.29) is 11.3 Å². The summed E-state index contributed by atoms with van der Waals surface area (Å²) in [4.78, 5) is 17.0. The van der Waals surface area contributed by atoms with Gasteiger partial charge in [-0.3, -0.25) is 4.79 Å². The Kier molecular flexibility index (Phi) is 2.88. The van der Waals surface area contributed by atoms with Crippen LogP contribution in [0.25, 0.3) is 0 Å². The van der Waals surface area contributed by atoms with Crippen molar-refractivity contribution in [2.24, 2.45) is 22.7 Å². The van der Waals surface area contributed by atoms with Crippen LogP contribution >= 0.6 is 11.6 Å². The minimum atomic E-state index is -0.140. The van der Waals surface area contributed by atoms with Gasteiger partial charge in [-0.25, -0.2) is 4.98 Å². The molecule has 1 N–H and O–H groups in total. The molecule has 0 spiro atoms. The highest BCUT2D eigenvalue weighted by Gasteiger charge is 2.58. The number of hydrogen-bond acceptors (Lipinski definition) is 2. The Labute approximate surface area is 130 Å². The lowest BCUT2D eigenvalue weighted by Gasteiger charge is -2.60. The average Bonchev–Trinajstić information content (AvgIpc) is 2.38. The number of pyridine rings is 1. The molecule has 3 nitrogen and oxygen atoms in total. The molecule has 112 valence electrons. The molecule has 1 aromatic rings. The third-order valence-corrected chi connectivity index (χ3v) is 6.04. The van der Waals surface area contributed by atoms with Gasteiger partial charge in [-0.2, -0.15) is 0 Å². The Hall–Kier alpha value is -1.09. The molecule has 0 aromatic carbocycles. The van der Waals surface area contributed by atoms with Crippen LogP contribution in [0.15, 0.2) is 18.3 Å². The van der Waals surface area contributed by atoms with Gasteiger partial charge in [-0.05, 0) is 67.9 Å². The molecule has 1 aromatic heterocycles. The van der Waals surface area contributed by atoms with Crippen molar-refractivity contribution in [1.29, 1.82) is 0 Å². The average molecular weight is 305 g/mol. The van der Waals surface area contributed by atoms with Gasteiger partial charge < -0.3 is 5.32 Å². The molecule has 0 saturated heterocycles. The van der Waals surface area contributed by atoms with Crippen molar-refractivity contribution in [2.45, 2.75) is 45.4 Å². The summed E-state index contributed by atoms with van der Waals surface area (Å²) in [5, 5.41) is 3.54. The van der Waals surface area contributed by atoms with Gasteiger partial charge in [0.05, 0.1) is 17.3 Å². The number of rotatable bonds is 2. The third kappa shape index (κ3) is 2.26. The van der Waals surface area contributed by atoms with Gasteiger partial charge in [0.25, 0.3) is 0 Å². The molecular weight excluding hydrogens is 284 g/mol. The topological polar surface area (TPSA) is 42.0 Å². The van der Waals surface area contributed by atoms with Gasteiger partial charge in [-0.1, -0.05) is 18.5 Å². The van der Waals surface area contributed by atoms with Crippen LogP contribution in [0.3, 0.4) is 0 Å². The van der Waals surface area contributed by atoms with Crippen molar-refractivity contribution < 1.29 is 4.79 Å². The largest absolute Gasteiger partial charge is 0.324 e. The lowest BCUT2D eigenvalue weighted by Crippen LogP contribution is -2.55. The number of nitrogens with one attached hydrogen (secondary N) is 1. The Balaban J connectivity index is 1.57. The second kappa shape index (κ2) is 4.45. The van der Waals surface area contributed by atoms with E-state index in [0.717, 1.165) is 36.8 Å². The highest BCUT2D eigenvalue weighted by molar-refractivity contribution is 6.29. The van der Waals surface area contributed by atoms with Crippen LogP contribution in [0.2, 0.25) is 5.15 Å². The number of hydrogen-bond donors (Lipinski definition) is 1. The van der Waals surface area contributed by atoms with Crippen LogP contribution in [-0.4, -0.2) is 10.9 Å². The fourth-order valence-electron chi connectivity index (χ4n) is 5.70. The zero-order valence-corrected chi connectivity index (χ0v) is 13.1. The predicted octanol–water partition coefficient (Wildman–Crippen LogP) is 4.28. The van der Waals surface area contributed by atoms with Crippen LogP contribution in [-0.2, 0) is 4.79 Å². The van der Waals surface area contributed by atoms with E-state index in [1.807, 2.05) is 6.07 Å². The first-order valence-electron chi connectivity index (χ1n) is 7.90. The molecule has 5 rings (SSSR count). The number of amides is 1. The van der Waals surface area contributed by atoms with E-state index in [2.05, 4.69) is 17.2 Å². The van der Waals surface area contributed by atoms with E-state index in [1.54, 1.807) is 12.3 Å². The molecule has 21 heavy (non-hydrogen) atoms. The molecule has 1 heterocycles. The molecule has 4 heteroatoms. The summed E-state index contributed by atoms with van der Waals surface area (Å²) < 4.78 is 0. The summed E-state index contributed by atoms with van der Waals surface area (Å²) in [5.74, 6) is 1.71. The molecule has 2 unspecified atom stereocenters. The quantitative estimate of drug-likeness (QED) is 0.829.